The van der Waals surface area contributed by atoms with Crippen LogP contribution >= 0.6 is 73.9 Å². The fraction of sp³-hybridized carbons (Fsp3) is 0.0625. The second-order valence-electron chi connectivity index (χ2n) is 8.16. The molecule has 0 aliphatic rings. The first-order valence-electron chi connectivity index (χ1n) is 12.0. The monoisotopic (exact) mass is 774 g/mol. The van der Waals surface area contributed by atoms with E-state index in [1.165, 1.54) is 11.1 Å². The summed E-state index contributed by atoms with van der Waals surface area (Å²) < 4.78 is 1.12. The normalized spacial score (nSPS) is 9.47. The maximum atomic E-state index is 5.81. The molecule has 0 amide bonds. The van der Waals surface area contributed by atoms with Crippen LogP contribution in [0.2, 0.25) is 26.4 Å². The fourth-order valence-electron chi connectivity index (χ4n) is 3.53. The summed E-state index contributed by atoms with van der Waals surface area (Å²) in [5.41, 5.74) is 5.55. The topological polar surface area (TPSA) is 77.3 Å². The van der Waals surface area contributed by atoms with Crippen LogP contribution in [0, 0.1) is 0 Å². The van der Waals surface area contributed by atoms with Crippen LogP contribution in [0.15, 0.2) is 114 Å². The Hall–Kier alpha value is -2.40. The maximum absolute atomic E-state index is 5.81. The van der Waals surface area contributed by atoms with Gasteiger partial charge in [0, 0.05) is 10.0 Å². The van der Waals surface area contributed by atoms with Crippen LogP contribution < -0.4 is 0 Å². The van der Waals surface area contributed by atoms with E-state index < -0.39 is 0 Å². The van der Waals surface area contributed by atoms with Crippen molar-refractivity contribution in [2.24, 2.45) is 0 Å². The molecule has 0 atom stereocenters. The van der Waals surface area contributed by atoms with Crippen LogP contribution in [0.5, 0.6) is 0 Å². The number of hydrogen-bond acceptors (Lipinski definition) is 6. The van der Waals surface area contributed by atoms with E-state index in [0.29, 0.717) is 5.82 Å². The summed E-state index contributed by atoms with van der Waals surface area (Å²) in [6.45, 7) is 0. The Bertz CT molecular complexity index is 1710. The zero-order valence-electron chi connectivity index (χ0n) is 24.1. The van der Waals surface area contributed by atoms with Crippen molar-refractivity contribution in [1.82, 2.24) is 29.9 Å². The number of benzene rings is 4. The predicted molar refractivity (Wildman–Crippen MR) is 197 cm³/mol. The molecule has 6 nitrogen and oxygen atoms in total. The van der Waals surface area contributed by atoms with Gasteiger partial charge in [0.15, 0.2) is 5.82 Å². The number of aromatic nitrogens is 6. The van der Waals surface area contributed by atoms with Gasteiger partial charge in [-0.1, -0.05) is 122 Å². The molecular formula is C32H28BrCl5MgN6. The third-order valence-corrected chi connectivity index (χ3v) is 6.63. The summed E-state index contributed by atoms with van der Waals surface area (Å²) in [7, 11) is 0. The van der Waals surface area contributed by atoms with Crippen molar-refractivity contribution in [2.75, 3.05) is 0 Å². The molecule has 0 aliphatic heterocycles. The number of rotatable bonds is 3. The van der Waals surface area contributed by atoms with E-state index in [4.69, 9.17) is 58.0 Å². The Morgan fingerprint density at radius 1 is 0.400 bits per heavy atom. The average Bonchev–Trinajstić information content (AvgIpc) is 2.98. The first-order valence-corrected chi connectivity index (χ1v) is 14.7. The Kier molecular flexibility index (Phi) is 18.7. The van der Waals surface area contributed by atoms with E-state index in [1.807, 2.05) is 72.8 Å². The van der Waals surface area contributed by atoms with E-state index in [2.05, 4.69) is 82.2 Å². The molecule has 0 fully saturated rings. The minimum atomic E-state index is 0. The van der Waals surface area contributed by atoms with Crippen molar-refractivity contribution in [1.29, 1.82) is 0 Å². The minimum absolute atomic E-state index is 0. The van der Waals surface area contributed by atoms with E-state index in [0.717, 1.165) is 21.2 Å². The van der Waals surface area contributed by atoms with Gasteiger partial charge in [-0.2, -0.15) is 29.9 Å². The summed E-state index contributed by atoms with van der Waals surface area (Å²) in [6, 6.07) is 36.6. The molecule has 4 aromatic carbocycles. The maximum Gasteiger partial charge on any atom is 2.00 e. The standard InChI is InChI=1S/C15H9Cl2N3.C12H9Br.C3Cl3N3.2CH4.Mg.2H/c16-14-18-13(19-15(17)20-14)12-8-4-7-11(9-12)10-5-2-1-3-6-10;13-12-8-4-7-11(9-12)10-5-2-1-3-6-10;4-1-7-2(5)9-3(6)8-1;;;;;/h1-9H;1-9H;;2*1H4;;;/q;;;;;+2;2*-1. The van der Waals surface area contributed by atoms with E-state index >= 15 is 0 Å². The summed E-state index contributed by atoms with van der Waals surface area (Å²) >= 11 is 31.0. The smallest absolute Gasteiger partial charge is 1.00 e. The van der Waals surface area contributed by atoms with Gasteiger partial charge in [0.05, 0.1) is 0 Å². The first-order chi connectivity index (χ1) is 20.3. The number of hydrogen-bond donors (Lipinski definition) is 0. The van der Waals surface area contributed by atoms with Crippen molar-refractivity contribution in [2.45, 2.75) is 14.9 Å². The molecule has 13 heteroatoms. The molecule has 2 heterocycles. The zero-order valence-corrected chi connectivity index (χ0v) is 28.8. The molecule has 0 aliphatic carbocycles. The number of nitrogens with zero attached hydrogens (tertiary/aromatic N) is 6. The van der Waals surface area contributed by atoms with Crippen LogP contribution in [0.1, 0.15) is 17.7 Å². The molecule has 0 saturated carbocycles. The van der Waals surface area contributed by atoms with Crippen LogP contribution in [-0.2, 0) is 0 Å². The van der Waals surface area contributed by atoms with E-state index in [-0.39, 0.29) is 67.2 Å². The summed E-state index contributed by atoms with van der Waals surface area (Å²) in [4.78, 5) is 22.3. The SMILES string of the molecule is Brc1cccc(-c2ccccc2)c1.C.C.Clc1nc(Cl)nc(-c2cccc(-c3ccccc3)c2)n1.Clc1nc(Cl)nc(Cl)n1.[H-].[H-].[Mg+2]. The largest absolute Gasteiger partial charge is 2.00 e. The van der Waals surface area contributed by atoms with Crippen molar-refractivity contribution < 1.29 is 2.85 Å². The third-order valence-electron chi connectivity index (χ3n) is 5.29. The zero-order chi connectivity index (χ0) is 29.9. The van der Waals surface area contributed by atoms with Crippen molar-refractivity contribution in [3.8, 4) is 33.6 Å². The van der Waals surface area contributed by atoms with Gasteiger partial charge in [-0.15, -0.1) is 0 Å². The predicted octanol–water partition coefficient (Wildman–Crippen LogP) is 11.6. The molecule has 0 N–H and O–H groups in total. The van der Waals surface area contributed by atoms with E-state index in [1.54, 1.807) is 0 Å². The van der Waals surface area contributed by atoms with Gasteiger partial charge in [0.2, 0.25) is 26.4 Å². The van der Waals surface area contributed by atoms with Crippen LogP contribution in [0.3, 0.4) is 0 Å². The van der Waals surface area contributed by atoms with Crippen LogP contribution in [0.25, 0.3) is 33.6 Å². The van der Waals surface area contributed by atoms with Gasteiger partial charge in [-0.25, -0.2) is 0 Å². The van der Waals surface area contributed by atoms with Crippen LogP contribution in [-0.4, -0.2) is 53.0 Å². The molecule has 45 heavy (non-hydrogen) atoms. The van der Waals surface area contributed by atoms with Crippen LogP contribution in [0.4, 0.5) is 0 Å². The third kappa shape index (κ3) is 13.5. The van der Waals surface area contributed by atoms with Gasteiger partial charge < -0.3 is 2.85 Å². The molecule has 0 unspecified atom stereocenters. The Morgan fingerprint density at radius 3 is 1.16 bits per heavy atom. The first kappa shape index (κ1) is 40.6. The Balaban J connectivity index is 0. The molecular weight excluding hydrogens is 750 g/mol. The second kappa shape index (κ2) is 20.7. The summed E-state index contributed by atoms with van der Waals surface area (Å²) in [5, 5.41) is 0.176. The van der Waals surface area contributed by atoms with Crippen molar-refractivity contribution in [3.63, 3.8) is 0 Å². The second-order valence-corrected chi connectivity index (χ2v) is 10.8. The van der Waals surface area contributed by atoms with Gasteiger partial charge in [0.1, 0.15) is 0 Å². The molecule has 0 spiro atoms. The summed E-state index contributed by atoms with van der Waals surface area (Å²) in [5.74, 6) is 0.466. The molecule has 0 saturated heterocycles. The van der Waals surface area contributed by atoms with Crippen molar-refractivity contribution >= 4 is 97.0 Å². The molecule has 6 aromatic rings. The molecule has 0 radical (unpaired) electrons. The molecule has 2 aromatic heterocycles. The minimum Gasteiger partial charge on any atom is -1.00 e. The van der Waals surface area contributed by atoms with Gasteiger partial charge in [-0.05, 0) is 98.5 Å². The molecule has 6 rings (SSSR count). The fourth-order valence-corrected chi connectivity index (χ4v) is 4.90. The Labute approximate surface area is 315 Å². The number of halogens is 6. The molecule has 230 valence electrons. The van der Waals surface area contributed by atoms with Gasteiger partial charge in [0.25, 0.3) is 0 Å². The van der Waals surface area contributed by atoms with Gasteiger partial charge >= 0.3 is 23.1 Å². The van der Waals surface area contributed by atoms with E-state index in [9.17, 15) is 0 Å². The average molecular weight is 778 g/mol. The van der Waals surface area contributed by atoms with Gasteiger partial charge in [-0.3, -0.25) is 0 Å². The Morgan fingerprint density at radius 2 is 0.733 bits per heavy atom. The summed E-state index contributed by atoms with van der Waals surface area (Å²) in [6.07, 6.45) is 0. The van der Waals surface area contributed by atoms with Crippen molar-refractivity contribution in [3.05, 3.63) is 140 Å². The quantitative estimate of drug-likeness (QED) is 0.167. The molecule has 0 bridgehead atoms.